The summed E-state index contributed by atoms with van der Waals surface area (Å²) >= 11 is 0. The summed E-state index contributed by atoms with van der Waals surface area (Å²) < 4.78 is 11.3. The molecule has 0 saturated carbocycles. The first kappa shape index (κ1) is 16.3. The van der Waals surface area contributed by atoms with Gasteiger partial charge in [0, 0.05) is 35.0 Å². The maximum atomic E-state index is 11.3. The first-order valence-corrected chi connectivity index (χ1v) is 8.45. The fourth-order valence-corrected chi connectivity index (χ4v) is 2.68. The van der Waals surface area contributed by atoms with E-state index in [1.54, 1.807) is 6.26 Å². The summed E-state index contributed by atoms with van der Waals surface area (Å²) in [5.41, 5.74) is 1.14. The summed E-state index contributed by atoms with van der Waals surface area (Å²) in [6, 6.07) is 7.75. The molecular formula is C15H25NO2S. The topological polar surface area (TPSA) is 49.3 Å². The number of hydrogen-bond acceptors (Lipinski definition) is 3. The van der Waals surface area contributed by atoms with Gasteiger partial charge in [-0.2, -0.15) is 0 Å². The lowest BCUT2D eigenvalue weighted by atomic mass is 9.96. The molecule has 2 unspecified atom stereocenters. The second kappa shape index (κ2) is 8.46. The Morgan fingerprint density at radius 2 is 1.79 bits per heavy atom. The van der Waals surface area contributed by atoms with Crippen LogP contribution in [0.2, 0.25) is 0 Å². The van der Waals surface area contributed by atoms with Crippen molar-refractivity contribution in [2.24, 2.45) is 5.92 Å². The molecule has 0 aliphatic carbocycles. The standard InChI is InChI=1S/C15H25NO2S/c1-4-13(5-2)15(17)11-16-10-12-6-8-14(9-7-12)19(3)18/h6-9,13,15-17H,4-5,10-11H2,1-3H3. The lowest BCUT2D eigenvalue weighted by Gasteiger charge is -2.20. The van der Waals surface area contributed by atoms with Crippen molar-refractivity contribution in [2.75, 3.05) is 12.8 Å². The normalized spacial score (nSPS) is 14.6. The van der Waals surface area contributed by atoms with E-state index in [4.69, 9.17) is 0 Å². The molecule has 0 aliphatic rings. The fourth-order valence-electron chi connectivity index (χ4n) is 2.16. The first-order chi connectivity index (χ1) is 9.08. The smallest absolute Gasteiger partial charge is 0.0692 e. The summed E-state index contributed by atoms with van der Waals surface area (Å²) in [6.45, 7) is 5.57. The van der Waals surface area contributed by atoms with E-state index in [1.807, 2.05) is 24.3 Å². The van der Waals surface area contributed by atoms with Crippen molar-refractivity contribution in [3.63, 3.8) is 0 Å². The Bertz CT molecular complexity index is 388. The van der Waals surface area contributed by atoms with Gasteiger partial charge in [-0.3, -0.25) is 4.21 Å². The molecule has 0 saturated heterocycles. The minimum Gasteiger partial charge on any atom is -0.392 e. The van der Waals surface area contributed by atoms with Crippen LogP contribution in [0.4, 0.5) is 0 Å². The average molecular weight is 283 g/mol. The zero-order chi connectivity index (χ0) is 14.3. The van der Waals surface area contributed by atoms with Gasteiger partial charge in [0.15, 0.2) is 0 Å². The summed E-state index contributed by atoms with van der Waals surface area (Å²) in [5.74, 6) is 0.373. The average Bonchev–Trinajstić information content (AvgIpc) is 2.40. The van der Waals surface area contributed by atoms with Gasteiger partial charge in [0.05, 0.1) is 6.10 Å². The van der Waals surface area contributed by atoms with Crippen LogP contribution in [0.5, 0.6) is 0 Å². The van der Waals surface area contributed by atoms with Gasteiger partial charge in [-0.15, -0.1) is 0 Å². The molecule has 0 bridgehead atoms. The molecule has 108 valence electrons. The quantitative estimate of drug-likeness (QED) is 0.770. The summed E-state index contributed by atoms with van der Waals surface area (Å²) in [6.07, 6.45) is 3.42. The number of nitrogens with one attached hydrogen (secondary N) is 1. The van der Waals surface area contributed by atoms with E-state index < -0.39 is 10.8 Å². The van der Waals surface area contributed by atoms with Crippen LogP contribution in [0.15, 0.2) is 29.2 Å². The van der Waals surface area contributed by atoms with Crippen LogP contribution in [0, 0.1) is 5.92 Å². The maximum absolute atomic E-state index is 11.3. The Labute approximate surface area is 118 Å². The fraction of sp³-hybridized carbons (Fsp3) is 0.600. The van der Waals surface area contributed by atoms with Gasteiger partial charge in [-0.25, -0.2) is 0 Å². The molecule has 19 heavy (non-hydrogen) atoms. The zero-order valence-electron chi connectivity index (χ0n) is 12.1. The molecule has 0 spiro atoms. The van der Waals surface area contributed by atoms with Gasteiger partial charge in [-0.05, 0) is 23.6 Å². The van der Waals surface area contributed by atoms with Gasteiger partial charge in [0.25, 0.3) is 0 Å². The number of hydrogen-bond donors (Lipinski definition) is 2. The third-order valence-corrected chi connectivity index (χ3v) is 4.47. The van der Waals surface area contributed by atoms with E-state index in [2.05, 4.69) is 19.2 Å². The van der Waals surface area contributed by atoms with E-state index in [9.17, 15) is 9.32 Å². The van der Waals surface area contributed by atoms with Crippen molar-refractivity contribution in [1.82, 2.24) is 5.32 Å². The Hall–Kier alpha value is -0.710. The van der Waals surface area contributed by atoms with Crippen LogP contribution in [0.1, 0.15) is 32.3 Å². The molecule has 4 heteroatoms. The number of rotatable bonds is 8. The molecule has 0 radical (unpaired) electrons. The molecule has 0 aliphatic heterocycles. The van der Waals surface area contributed by atoms with Crippen molar-refractivity contribution in [2.45, 2.75) is 44.2 Å². The minimum atomic E-state index is -0.919. The van der Waals surface area contributed by atoms with Crippen molar-refractivity contribution in [1.29, 1.82) is 0 Å². The Kier molecular flexibility index (Phi) is 7.28. The highest BCUT2D eigenvalue weighted by Crippen LogP contribution is 2.12. The molecule has 1 aromatic rings. The van der Waals surface area contributed by atoms with Crippen LogP contribution in [-0.2, 0) is 17.3 Å². The lowest BCUT2D eigenvalue weighted by molar-refractivity contribution is 0.101. The highest BCUT2D eigenvalue weighted by Gasteiger charge is 2.14. The highest BCUT2D eigenvalue weighted by atomic mass is 32.2. The molecule has 1 aromatic carbocycles. The van der Waals surface area contributed by atoms with Crippen molar-refractivity contribution in [3.8, 4) is 0 Å². The molecule has 1 rings (SSSR count). The van der Waals surface area contributed by atoms with Crippen LogP contribution in [0.3, 0.4) is 0 Å². The molecule has 0 aromatic heterocycles. The minimum absolute atomic E-state index is 0.280. The third kappa shape index (κ3) is 5.43. The molecule has 2 atom stereocenters. The van der Waals surface area contributed by atoms with E-state index in [0.29, 0.717) is 12.5 Å². The van der Waals surface area contributed by atoms with Crippen LogP contribution in [0.25, 0.3) is 0 Å². The number of aliphatic hydroxyl groups is 1. The Morgan fingerprint density at radius 3 is 2.26 bits per heavy atom. The SMILES string of the molecule is CCC(CC)C(O)CNCc1ccc(S(C)=O)cc1. The van der Waals surface area contributed by atoms with E-state index in [0.717, 1.165) is 29.8 Å². The van der Waals surface area contributed by atoms with Gasteiger partial charge in [-0.1, -0.05) is 38.8 Å². The number of benzene rings is 1. The van der Waals surface area contributed by atoms with Gasteiger partial charge >= 0.3 is 0 Å². The maximum Gasteiger partial charge on any atom is 0.0692 e. The van der Waals surface area contributed by atoms with E-state index in [1.165, 1.54) is 0 Å². The van der Waals surface area contributed by atoms with Gasteiger partial charge in [0.2, 0.25) is 0 Å². The Balaban J connectivity index is 2.38. The molecule has 2 N–H and O–H groups in total. The monoisotopic (exact) mass is 283 g/mol. The molecule has 0 heterocycles. The first-order valence-electron chi connectivity index (χ1n) is 6.89. The van der Waals surface area contributed by atoms with Crippen molar-refractivity contribution < 1.29 is 9.32 Å². The van der Waals surface area contributed by atoms with Crippen LogP contribution >= 0.6 is 0 Å². The highest BCUT2D eigenvalue weighted by molar-refractivity contribution is 7.84. The predicted molar refractivity (Wildman–Crippen MR) is 80.6 cm³/mol. The van der Waals surface area contributed by atoms with Crippen LogP contribution in [-0.4, -0.2) is 28.2 Å². The zero-order valence-corrected chi connectivity index (χ0v) is 12.9. The second-order valence-electron chi connectivity index (χ2n) is 4.87. The van der Waals surface area contributed by atoms with Crippen molar-refractivity contribution in [3.05, 3.63) is 29.8 Å². The Morgan fingerprint density at radius 1 is 1.21 bits per heavy atom. The van der Waals surface area contributed by atoms with E-state index >= 15 is 0 Å². The summed E-state index contributed by atoms with van der Waals surface area (Å²) in [4.78, 5) is 0.848. The molecular weight excluding hydrogens is 258 g/mol. The lowest BCUT2D eigenvalue weighted by Crippen LogP contribution is -2.32. The summed E-state index contributed by atoms with van der Waals surface area (Å²) in [5, 5.41) is 13.3. The van der Waals surface area contributed by atoms with Crippen LogP contribution < -0.4 is 5.32 Å². The summed E-state index contributed by atoms with van der Waals surface area (Å²) in [7, 11) is -0.919. The van der Waals surface area contributed by atoms with Gasteiger partial charge in [0.1, 0.15) is 0 Å². The molecule has 3 nitrogen and oxygen atoms in total. The van der Waals surface area contributed by atoms with Crippen molar-refractivity contribution >= 4 is 10.8 Å². The van der Waals surface area contributed by atoms with E-state index in [-0.39, 0.29) is 6.10 Å². The predicted octanol–water partition coefficient (Wildman–Crippen LogP) is 2.31. The largest absolute Gasteiger partial charge is 0.392 e. The number of aliphatic hydroxyl groups excluding tert-OH is 1. The molecule has 0 amide bonds. The third-order valence-electron chi connectivity index (χ3n) is 3.53. The second-order valence-corrected chi connectivity index (χ2v) is 6.25. The molecule has 0 fully saturated rings. The van der Waals surface area contributed by atoms with Gasteiger partial charge < -0.3 is 10.4 Å².